The minimum Gasteiger partial charge on any atom is -0.497 e. The minimum atomic E-state index is 0.104. The summed E-state index contributed by atoms with van der Waals surface area (Å²) < 4.78 is 6.03. The molecule has 1 heterocycles. The van der Waals surface area contributed by atoms with Crippen molar-refractivity contribution in [2.75, 3.05) is 20.2 Å². The Hall–Kier alpha value is -1.03. The van der Waals surface area contributed by atoms with Crippen molar-refractivity contribution in [3.8, 4) is 5.75 Å². The van der Waals surface area contributed by atoms with E-state index in [0.29, 0.717) is 5.56 Å². The molecule has 0 saturated carbocycles. The molecule has 0 unspecified atom stereocenters. The van der Waals surface area contributed by atoms with E-state index in [-0.39, 0.29) is 5.91 Å². The molecule has 2 rings (SSSR count). The molecule has 0 radical (unpaired) electrons. The van der Waals surface area contributed by atoms with Crippen molar-refractivity contribution in [3.05, 3.63) is 28.2 Å². The number of benzene rings is 1. The molecule has 1 saturated heterocycles. The number of amides is 1. The van der Waals surface area contributed by atoms with Crippen LogP contribution in [0.1, 0.15) is 42.5 Å². The highest BCUT2D eigenvalue weighted by atomic mass is 79.9. The lowest BCUT2D eigenvalue weighted by molar-refractivity contribution is 0.0741. The summed E-state index contributed by atoms with van der Waals surface area (Å²) in [6.07, 6.45) is 5.96. The molecule has 0 bridgehead atoms. The van der Waals surface area contributed by atoms with Crippen molar-refractivity contribution in [1.82, 2.24) is 4.90 Å². The van der Waals surface area contributed by atoms with Gasteiger partial charge in [-0.25, -0.2) is 0 Å². The first-order valence-corrected chi connectivity index (χ1v) is 7.64. The number of nitrogens with zero attached hydrogens (tertiary/aromatic N) is 1. The van der Waals surface area contributed by atoms with Crippen LogP contribution in [0.4, 0.5) is 0 Å². The van der Waals surface area contributed by atoms with Gasteiger partial charge in [0, 0.05) is 17.6 Å². The lowest BCUT2D eigenvalue weighted by Crippen LogP contribution is -2.34. The summed E-state index contributed by atoms with van der Waals surface area (Å²) in [6.45, 7) is 1.73. The summed E-state index contributed by atoms with van der Waals surface area (Å²) in [5.74, 6) is 0.825. The number of ether oxygens (including phenoxy) is 1. The van der Waals surface area contributed by atoms with Gasteiger partial charge in [-0.2, -0.15) is 0 Å². The first kappa shape index (κ1) is 14.4. The van der Waals surface area contributed by atoms with Gasteiger partial charge in [0.1, 0.15) is 5.75 Å². The topological polar surface area (TPSA) is 29.5 Å². The van der Waals surface area contributed by atoms with Crippen LogP contribution < -0.4 is 4.74 Å². The van der Waals surface area contributed by atoms with Crippen LogP contribution in [0, 0.1) is 0 Å². The highest BCUT2D eigenvalue weighted by molar-refractivity contribution is 9.10. The van der Waals surface area contributed by atoms with E-state index >= 15 is 0 Å². The second kappa shape index (κ2) is 6.94. The third-order valence-corrected chi connectivity index (χ3v) is 4.24. The standard InChI is InChI=1S/C15H20BrNO2/c1-19-12-7-8-14(16)13(11-12)15(18)17-9-5-3-2-4-6-10-17/h7-8,11H,2-6,9-10H2,1H3. The monoisotopic (exact) mass is 325 g/mol. The molecule has 4 heteroatoms. The number of rotatable bonds is 2. The summed E-state index contributed by atoms with van der Waals surface area (Å²) >= 11 is 3.46. The van der Waals surface area contributed by atoms with E-state index in [0.717, 1.165) is 36.2 Å². The molecule has 1 fully saturated rings. The largest absolute Gasteiger partial charge is 0.497 e. The number of methoxy groups -OCH3 is 1. The lowest BCUT2D eigenvalue weighted by atomic mass is 10.1. The maximum absolute atomic E-state index is 12.6. The van der Waals surface area contributed by atoms with Crippen molar-refractivity contribution in [2.45, 2.75) is 32.1 Å². The van der Waals surface area contributed by atoms with Gasteiger partial charge in [-0.3, -0.25) is 4.79 Å². The molecule has 1 aromatic rings. The Morgan fingerprint density at radius 1 is 1.16 bits per heavy atom. The zero-order valence-corrected chi connectivity index (χ0v) is 12.9. The fourth-order valence-corrected chi connectivity index (χ4v) is 2.83. The van der Waals surface area contributed by atoms with Gasteiger partial charge in [-0.1, -0.05) is 19.3 Å². The first-order valence-electron chi connectivity index (χ1n) is 6.85. The molecule has 0 N–H and O–H groups in total. The lowest BCUT2D eigenvalue weighted by Gasteiger charge is -2.25. The molecule has 19 heavy (non-hydrogen) atoms. The third kappa shape index (κ3) is 3.72. The Labute approximate surface area is 123 Å². The molecule has 0 spiro atoms. The van der Waals surface area contributed by atoms with Crippen molar-refractivity contribution in [2.24, 2.45) is 0 Å². The number of carbonyl (C=O) groups is 1. The van der Waals surface area contributed by atoms with Crippen LogP contribution in [0.25, 0.3) is 0 Å². The van der Waals surface area contributed by atoms with E-state index < -0.39 is 0 Å². The van der Waals surface area contributed by atoms with Gasteiger partial charge in [-0.05, 0) is 47.0 Å². The Balaban J connectivity index is 2.17. The van der Waals surface area contributed by atoms with Crippen molar-refractivity contribution >= 4 is 21.8 Å². The number of hydrogen-bond donors (Lipinski definition) is 0. The maximum Gasteiger partial charge on any atom is 0.255 e. The van der Waals surface area contributed by atoms with Crippen molar-refractivity contribution in [1.29, 1.82) is 0 Å². The number of carbonyl (C=O) groups excluding carboxylic acids is 1. The molecule has 1 aliphatic heterocycles. The van der Waals surface area contributed by atoms with Gasteiger partial charge in [0.2, 0.25) is 0 Å². The molecule has 0 atom stereocenters. The van der Waals surface area contributed by atoms with Crippen LogP contribution in [-0.2, 0) is 0 Å². The molecular weight excluding hydrogens is 306 g/mol. The van der Waals surface area contributed by atoms with E-state index in [1.54, 1.807) is 7.11 Å². The van der Waals surface area contributed by atoms with Crippen LogP contribution in [-0.4, -0.2) is 31.0 Å². The van der Waals surface area contributed by atoms with Gasteiger partial charge < -0.3 is 9.64 Å². The average molecular weight is 326 g/mol. The zero-order valence-electron chi connectivity index (χ0n) is 11.3. The van der Waals surface area contributed by atoms with E-state index in [2.05, 4.69) is 15.9 Å². The fraction of sp³-hybridized carbons (Fsp3) is 0.533. The first-order chi connectivity index (χ1) is 9.22. The third-order valence-electron chi connectivity index (χ3n) is 3.55. The number of halogens is 1. The normalized spacial score (nSPS) is 16.6. The smallest absolute Gasteiger partial charge is 0.255 e. The molecule has 1 aromatic carbocycles. The van der Waals surface area contributed by atoms with Gasteiger partial charge in [0.05, 0.1) is 12.7 Å². The Kier molecular flexibility index (Phi) is 5.25. The molecular formula is C15H20BrNO2. The zero-order chi connectivity index (χ0) is 13.7. The van der Waals surface area contributed by atoms with E-state index in [9.17, 15) is 4.79 Å². The minimum absolute atomic E-state index is 0.104. The van der Waals surface area contributed by atoms with Gasteiger partial charge in [0.15, 0.2) is 0 Å². The van der Waals surface area contributed by atoms with Gasteiger partial charge in [0.25, 0.3) is 5.91 Å². The van der Waals surface area contributed by atoms with Gasteiger partial charge in [-0.15, -0.1) is 0 Å². The Morgan fingerprint density at radius 2 is 1.79 bits per heavy atom. The highest BCUT2D eigenvalue weighted by Crippen LogP contribution is 2.24. The molecule has 104 valence electrons. The van der Waals surface area contributed by atoms with Crippen LogP contribution in [0.2, 0.25) is 0 Å². The van der Waals surface area contributed by atoms with Crippen LogP contribution in [0.3, 0.4) is 0 Å². The van der Waals surface area contributed by atoms with Gasteiger partial charge >= 0.3 is 0 Å². The van der Waals surface area contributed by atoms with E-state index in [4.69, 9.17) is 4.74 Å². The predicted octanol–water partition coefficient (Wildman–Crippen LogP) is 3.86. The molecule has 1 aliphatic rings. The summed E-state index contributed by atoms with van der Waals surface area (Å²) in [5.41, 5.74) is 0.694. The van der Waals surface area contributed by atoms with Crippen molar-refractivity contribution in [3.63, 3.8) is 0 Å². The Bertz CT molecular complexity index is 440. The Morgan fingerprint density at radius 3 is 2.42 bits per heavy atom. The quantitative estimate of drug-likeness (QED) is 0.826. The summed E-state index contributed by atoms with van der Waals surface area (Å²) in [5, 5.41) is 0. The average Bonchev–Trinajstić information content (AvgIpc) is 2.38. The SMILES string of the molecule is COc1ccc(Br)c(C(=O)N2CCCCCCC2)c1. The summed E-state index contributed by atoms with van der Waals surface area (Å²) in [6, 6.07) is 5.54. The predicted molar refractivity (Wildman–Crippen MR) is 79.7 cm³/mol. The number of likely N-dealkylation sites (tertiary alicyclic amines) is 1. The van der Waals surface area contributed by atoms with E-state index in [1.165, 1.54) is 19.3 Å². The maximum atomic E-state index is 12.6. The highest BCUT2D eigenvalue weighted by Gasteiger charge is 2.19. The number of hydrogen-bond acceptors (Lipinski definition) is 2. The molecule has 0 aromatic heterocycles. The van der Waals surface area contributed by atoms with Crippen LogP contribution in [0.5, 0.6) is 5.75 Å². The fourth-order valence-electron chi connectivity index (χ4n) is 2.42. The molecule has 3 nitrogen and oxygen atoms in total. The second-order valence-corrected chi connectivity index (χ2v) is 5.76. The summed E-state index contributed by atoms with van der Waals surface area (Å²) in [7, 11) is 1.62. The van der Waals surface area contributed by atoms with Crippen LogP contribution in [0.15, 0.2) is 22.7 Å². The molecule has 0 aliphatic carbocycles. The second-order valence-electron chi connectivity index (χ2n) is 4.91. The summed E-state index contributed by atoms with van der Waals surface area (Å²) in [4.78, 5) is 14.6. The van der Waals surface area contributed by atoms with Crippen molar-refractivity contribution < 1.29 is 9.53 Å². The van der Waals surface area contributed by atoms with Crippen LogP contribution >= 0.6 is 15.9 Å². The van der Waals surface area contributed by atoms with E-state index in [1.807, 2.05) is 23.1 Å². The molecule has 1 amide bonds.